The maximum absolute atomic E-state index is 12.8. The zero-order valence-corrected chi connectivity index (χ0v) is 21.2. The maximum Gasteiger partial charge on any atom is 0.238 e. The fourth-order valence-electron chi connectivity index (χ4n) is 6.19. The van der Waals surface area contributed by atoms with E-state index in [2.05, 4.69) is 48.3 Å². The molecule has 3 aromatic carbocycles. The molecule has 37 heavy (non-hydrogen) atoms. The Labute approximate surface area is 218 Å². The smallest absolute Gasteiger partial charge is 0.238 e. The van der Waals surface area contributed by atoms with Gasteiger partial charge in [0.05, 0.1) is 32.0 Å². The fraction of sp³-hybridized carbons (Fsp3) is 0.387. The number of carbonyl (C=O) groups is 1. The van der Waals surface area contributed by atoms with E-state index in [-0.39, 0.29) is 42.2 Å². The van der Waals surface area contributed by atoms with Crippen LogP contribution in [0.5, 0.6) is 0 Å². The standard InChI is InChI=1S/C31H34N2O4/c1-22-17-27(34)32-18-26-28(33(22)32)30(36-20-24-13-7-3-8-14-24)31(37-21-25-15-9-4-10-16-25)29(26)35-19-23-11-5-2-6-12-23/h2-16,22,26,28-31H,17-21H2,1H3/t22-,26-,28+,29+,30-,31-/m0/s1. The average molecular weight is 499 g/mol. The molecular weight excluding hydrogens is 464 g/mol. The summed E-state index contributed by atoms with van der Waals surface area (Å²) >= 11 is 0. The summed E-state index contributed by atoms with van der Waals surface area (Å²) in [5.74, 6) is 0.296. The molecule has 0 radical (unpaired) electrons. The highest BCUT2D eigenvalue weighted by Gasteiger charge is 2.63. The van der Waals surface area contributed by atoms with Gasteiger partial charge in [0.2, 0.25) is 5.91 Å². The van der Waals surface area contributed by atoms with Crippen LogP contribution in [0.4, 0.5) is 0 Å². The Hall–Kier alpha value is -3.03. The zero-order valence-electron chi connectivity index (χ0n) is 21.2. The quantitative estimate of drug-likeness (QED) is 0.432. The van der Waals surface area contributed by atoms with E-state index in [4.69, 9.17) is 14.2 Å². The second-order valence-corrected chi connectivity index (χ2v) is 10.3. The third-order valence-electron chi connectivity index (χ3n) is 7.88. The van der Waals surface area contributed by atoms with Gasteiger partial charge in [0.25, 0.3) is 0 Å². The van der Waals surface area contributed by atoms with Crippen LogP contribution in [0.15, 0.2) is 91.0 Å². The van der Waals surface area contributed by atoms with E-state index >= 15 is 0 Å². The van der Waals surface area contributed by atoms with E-state index in [1.54, 1.807) is 0 Å². The molecule has 2 saturated heterocycles. The molecule has 0 unspecified atom stereocenters. The van der Waals surface area contributed by atoms with Crippen molar-refractivity contribution in [3.63, 3.8) is 0 Å². The van der Waals surface area contributed by atoms with Crippen molar-refractivity contribution in [3.8, 4) is 0 Å². The monoisotopic (exact) mass is 498 g/mol. The van der Waals surface area contributed by atoms with Crippen molar-refractivity contribution in [1.82, 2.24) is 10.0 Å². The maximum atomic E-state index is 12.8. The van der Waals surface area contributed by atoms with E-state index in [1.807, 2.05) is 59.6 Å². The van der Waals surface area contributed by atoms with Gasteiger partial charge in [-0.15, -0.1) is 0 Å². The van der Waals surface area contributed by atoms with Gasteiger partial charge in [-0.25, -0.2) is 5.01 Å². The predicted octanol–water partition coefficient (Wildman–Crippen LogP) is 4.59. The second-order valence-electron chi connectivity index (χ2n) is 10.3. The highest BCUT2D eigenvalue weighted by atomic mass is 16.6. The lowest BCUT2D eigenvalue weighted by Gasteiger charge is -2.34. The molecule has 192 valence electrons. The highest BCUT2D eigenvalue weighted by Crippen LogP contribution is 2.46. The van der Waals surface area contributed by atoms with Gasteiger partial charge in [0.15, 0.2) is 0 Å². The van der Waals surface area contributed by atoms with E-state index < -0.39 is 0 Å². The van der Waals surface area contributed by atoms with Crippen molar-refractivity contribution in [2.75, 3.05) is 6.54 Å². The molecule has 6 heteroatoms. The zero-order chi connectivity index (χ0) is 25.2. The Morgan fingerprint density at radius 3 is 1.65 bits per heavy atom. The summed E-state index contributed by atoms with van der Waals surface area (Å²) in [6.45, 7) is 4.24. The number of nitrogens with zero attached hydrogens (tertiary/aromatic N) is 2. The summed E-state index contributed by atoms with van der Waals surface area (Å²) in [6.07, 6.45) is -0.138. The minimum atomic E-state index is -0.257. The van der Waals surface area contributed by atoms with Crippen molar-refractivity contribution >= 4 is 5.91 Å². The van der Waals surface area contributed by atoms with Crippen LogP contribution in [0.1, 0.15) is 30.0 Å². The lowest BCUT2D eigenvalue weighted by molar-refractivity contribution is -0.155. The van der Waals surface area contributed by atoms with Crippen LogP contribution in [0.25, 0.3) is 0 Å². The molecule has 3 aliphatic rings. The molecule has 2 heterocycles. The number of fused-ring (bicyclic) bond motifs is 3. The summed E-state index contributed by atoms with van der Waals surface area (Å²) in [5, 5.41) is 4.19. The van der Waals surface area contributed by atoms with Gasteiger partial charge in [0, 0.05) is 24.9 Å². The number of ether oxygens (including phenoxy) is 3. The van der Waals surface area contributed by atoms with E-state index in [1.165, 1.54) is 0 Å². The molecular formula is C31H34N2O4. The summed E-state index contributed by atoms with van der Waals surface area (Å²) in [4.78, 5) is 12.8. The van der Waals surface area contributed by atoms with E-state index in [0.717, 1.165) is 16.7 Å². The fourth-order valence-corrected chi connectivity index (χ4v) is 6.19. The number of hydrazine groups is 1. The lowest BCUT2D eigenvalue weighted by Crippen LogP contribution is -2.49. The number of amides is 1. The number of hydrogen-bond donors (Lipinski definition) is 0. The number of carbonyl (C=O) groups excluding carboxylic acids is 1. The largest absolute Gasteiger partial charge is 0.370 e. The van der Waals surface area contributed by atoms with Crippen molar-refractivity contribution in [2.24, 2.45) is 5.92 Å². The van der Waals surface area contributed by atoms with Gasteiger partial charge >= 0.3 is 0 Å². The molecule has 2 aliphatic heterocycles. The topological polar surface area (TPSA) is 51.2 Å². The van der Waals surface area contributed by atoms with E-state index in [0.29, 0.717) is 32.8 Å². The van der Waals surface area contributed by atoms with Crippen LogP contribution in [0.3, 0.4) is 0 Å². The van der Waals surface area contributed by atoms with Crippen LogP contribution in [-0.4, -0.2) is 52.9 Å². The third-order valence-corrected chi connectivity index (χ3v) is 7.88. The Kier molecular flexibility index (Phi) is 7.07. The lowest BCUT2D eigenvalue weighted by atomic mass is 10.0. The van der Waals surface area contributed by atoms with Crippen molar-refractivity contribution in [3.05, 3.63) is 108 Å². The van der Waals surface area contributed by atoms with Crippen LogP contribution in [0.2, 0.25) is 0 Å². The van der Waals surface area contributed by atoms with Gasteiger partial charge < -0.3 is 14.2 Å². The average Bonchev–Trinajstić information content (AvgIpc) is 3.55. The van der Waals surface area contributed by atoms with Gasteiger partial charge in [-0.05, 0) is 23.6 Å². The molecule has 3 fully saturated rings. The van der Waals surface area contributed by atoms with Gasteiger partial charge in [-0.2, -0.15) is 0 Å². The van der Waals surface area contributed by atoms with Gasteiger partial charge in [-0.1, -0.05) is 91.0 Å². The molecule has 0 N–H and O–H groups in total. The van der Waals surface area contributed by atoms with Crippen molar-refractivity contribution in [1.29, 1.82) is 0 Å². The molecule has 6 atom stereocenters. The Morgan fingerprint density at radius 2 is 1.14 bits per heavy atom. The molecule has 0 bridgehead atoms. The highest BCUT2D eigenvalue weighted by molar-refractivity contribution is 5.78. The van der Waals surface area contributed by atoms with Crippen LogP contribution < -0.4 is 0 Å². The number of hydrogen-bond acceptors (Lipinski definition) is 5. The SMILES string of the molecule is C[C@H]1CC(=O)N2C[C@@H]3[C@@H](OCc4ccccc4)[C@H](OCc4ccccc4)[C@@H](OCc4ccccc4)[C@@H]3N12. The van der Waals surface area contributed by atoms with Crippen LogP contribution in [0, 0.1) is 5.92 Å². The molecule has 1 amide bonds. The van der Waals surface area contributed by atoms with Crippen LogP contribution in [-0.2, 0) is 38.8 Å². The molecule has 0 spiro atoms. The van der Waals surface area contributed by atoms with Crippen LogP contribution >= 0.6 is 0 Å². The summed E-state index contributed by atoms with van der Waals surface area (Å²) in [5.41, 5.74) is 3.36. The molecule has 6 rings (SSSR count). The molecule has 6 nitrogen and oxygen atoms in total. The molecule has 1 aliphatic carbocycles. The number of benzene rings is 3. The predicted molar refractivity (Wildman–Crippen MR) is 140 cm³/mol. The Bertz CT molecular complexity index is 1180. The molecule has 1 saturated carbocycles. The Morgan fingerprint density at radius 1 is 0.676 bits per heavy atom. The van der Waals surface area contributed by atoms with E-state index in [9.17, 15) is 4.79 Å². The summed E-state index contributed by atoms with van der Waals surface area (Å²) in [6, 6.07) is 30.9. The van der Waals surface area contributed by atoms with Crippen molar-refractivity contribution in [2.45, 2.75) is 63.6 Å². The number of rotatable bonds is 9. The first-order valence-corrected chi connectivity index (χ1v) is 13.2. The summed E-state index contributed by atoms with van der Waals surface area (Å²) in [7, 11) is 0. The first-order valence-electron chi connectivity index (χ1n) is 13.2. The van der Waals surface area contributed by atoms with Crippen molar-refractivity contribution < 1.29 is 19.0 Å². The second kappa shape index (κ2) is 10.8. The first kappa shape index (κ1) is 24.3. The minimum Gasteiger partial charge on any atom is -0.370 e. The third kappa shape index (κ3) is 4.94. The first-order chi connectivity index (χ1) is 18.2. The minimum absolute atomic E-state index is 0.0201. The Balaban J connectivity index is 1.30. The van der Waals surface area contributed by atoms with Gasteiger partial charge in [0.1, 0.15) is 12.2 Å². The molecule has 3 aromatic rings. The van der Waals surface area contributed by atoms with Gasteiger partial charge in [-0.3, -0.25) is 9.80 Å². The summed E-state index contributed by atoms with van der Waals surface area (Å²) < 4.78 is 20.0. The molecule has 0 aromatic heterocycles. The normalized spacial score (nSPS) is 29.0.